The Morgan fingerprint density at radius 1 is 1.25 bits per heavy atom. The minimum Gasteiger partial charge on any atom is -0.493 e. The third kappa shape index (κ3) is 3.18. The van der Waals surface area contributed by atoms with E-state index in [-0.39, 0.29) is 0 Å². The number of hydrogen-bond acceptors (Lipinski definition) is 7. The van der Waals surface area contributed by atoms with Crippen molar-refractivity contribution in [3.05, 3.63) is 44.8 Å². The summed E-state index contributed by atoms with van der Waals surface area (Å²) in [6, 6.07) is 5.34. The molecule has 0 saturated heterocycles. The van der Waals surface area contributed by atoms with Crippen LogP contribution in [0.4, 0.5) is 0 Å². The molecular weight excluding hydrogens is 330 g/mol. The number of nitrogens with zero attached hydrogens (tertiary/aromatic N) is 3. The van der Waals surface area contributed by atoms with Crippen LogP contribution in [0.1, 0.15) is 10.7 Å². The van der Waals surface area contributed by atoms with Crippen molar-refractivity contribution in [2.45, 2.75) is 19.9 Å². The van der Waals surface area contributed by atoms with Gasteiger partial charge in [-0.05, 0) is 25.1 Å². The van der Waals surface area contributed by atoms with Crippen LogP contribution in [0.5, 0.6) is 11.5 Å². The summed E-state index contributed by atoms with van der Waals surface area (Å²) in [7, 11) is 3.13. The first-order valence-corrected chi connectivity index (χ1v) is 8.20. The van der Waals surface area contributed by atoms with Crippen LogP contribution in [0.3, 0.4) is 0 Å². The first-order chi connectivity index (χ1) is 11.6. The average Bonchev–Trinajstić information content (AvgIpc) is 3.17. The molecule has 3 aromatic rings. The standard InChI is InChI=1S/C16H17N3O4S/c1-10-17-12(9-24-10)6-7-19-15(18-23-16(19)20)11-4-5-13(21-2)14(8-11)22-3/h4-5,8-9H,6-7H2,1-3H3. The molecule has 0 saturated carbocycles. The van der Waals surface area contributed by atoms with Crippen LogP contribution in [0.15, 0.2) is 32.9 Å². The lowest BCUT2D eigenvalue weighted by molar-refractivity contribution is 0.355. The van der Waals surface area contributed by atoms with E-state index in [4.69, 9.17) is 14.0 Å². The summed E-state index contributed by atoms with van der Waals surface area (Å²) < 4.78 is 16.9. The minimum absolute atomic E-state index is 0.440. The predicted octanol–water partition coefficient (Wildman–Crippen LogP) is 2.53. The van der Waals surface area contributed by atoms with Gasteiger partial charge in [0.2, 0.25) is 0 Å². The Kier molecular flexibility index (Phi) is 4.66. The molecule has 0 aliphatic rings. The minimum atomic E-state index is -0.494. The first-order valence-electron chi connectivity index (χ1n) is 7.32. The van der Waals surface area contributed by atoms with Crippen molar-refractivity contribution >= 4 is 11.3 Å². The molecule has 8 heteroatoms. The van der Waals surface area contributed by atoms with E-state index in [0.717, 1.165) is 10.7 Å². The molecule has 24 heavy (non-hydrogen) atoms. The highest BCUT2D eigenvalue weighted by molar-refractivity contribution is 7.09. The Balaban J connectivity index is 1.90. The van der Waals surface area contributed by atoms with Gasteiger partial charge in [0, 0.05) is 23.9 Å². The predicted molar refractivity (Wildman–Crippen MR) is 89.9 cm³/mol. The summed E-state index contributed by atoms with van der Waals surface area (Å²) in [5.41, 5.74) is 1.66. The Bertz CT molecular complexity index is 897. The zero-order valence-electron chi connectivity index (χ0n) is 13.6. The van der Waals surface area contributed by atoms with Gasteiger partial charge >= 0.3 is 5.76 Å². The smallest absolute Gasteiger partial charge is 0.441 e. The number of benzene rings is 1. The van der Waals surface area contributed by atoms with Crippen LogP contribution in [0.25, 0.3) is 11.4 Å². The Hall–Kier alpha value is -2.61. The molecule has 0 N–H and O–H groups in total. The van der Waals surface area contributed by atoms with Gasteiger partial charge in [0.05, 0.1) is 24.9 Å². The monoisotopic (exact) mass is 347 g/mol. The van der Waals surface area contributed by atoms with Crippen LogP contribution in [0, 0.1) is 6.92 Å². The summed E-state index contributed by atoms with van der Waals surface area (Å²) >= 11 is 1.59. The molecule has 0 bridgehead atoms. The first kappa shape index (κ1) is 16.3. The van der Waals surface area contributed by atoms with Crippen molar-refractivity contribution in [2.75, 3.05) is 14.2 Å². The number of hydrogen-bond donors (Lipinski definition) is 0. The fraction of sp³-hybridized carbons (Fsp3) is 0.312. The molecule has 3 rings (SSSR count). The molecule has 0 spiro atoms. The van der Waals surface area contributed by atoms with Crippen molar-refractivity contribution in [3.63, 3.8) is 0 Å². The van der Waals surface area contributed by atoms with Gasteiger partial charge in [-0.25, -0.2) is 9.78 Å². The molecule has 126 valence electrons. The maximum absolute atomic E-state index is 12.0. The normalized spacial score (nSPS) is 10.8. The van der Waals surface area contributed by atoms with E-state index < -0.39 is 5.76 Å². The van der Waals surface area contributed by atoms with E-state index in [0.29, 0.717) is 35.9 Å². The van der Waals surface area contributed by atoms with Gasteiger partial charge in [0.1, 0.15) is 0 Å². The number of ether oxygens (including phenoxy) is 2. The number of aromatic nitrogens is 3. The van der Waals surface area contributed by atoms with Crippen molar-refractivity contribution in [1.29, 1.82) is 0 Å². The lowest BCUT2D eigenvalue weighted by atomic mass is 10.2. The molecule has 1 aromatic carbocycles. The maximum atomic E-state index is 12.0. The van der Waals surface area contributed by atoms with Crippen molar-refractivity contribution in [2.24, 2.45) is 0 Å². The number of methoxy groups -OCH3 is 2. The highest BCUT2D eigenvalue weighted by atomic mass is 32.1. The number of thiazole rings is 1. The van der Waals surface area contributed by atoms with Gasteiger partial charge in [-0.15, -0.1) is 11.3 Å². The number of rotatable bonds is 6. The van der Waals surface area contributed by atoms with Crippen LogP contribution in [-0.4, -0.2) is 28.9 Å². The van der Waals surface area contributed by atoms with Crippen molar-refractivity contribution in [1.82, 2.24) is 14.7 Å². The van der Waals surface area contributed by atoms with Crippen LogP contribution in [0.2, 0.25) is 0 Å². The highest BCUT2D eigenvalue weighted by Crippen LogP contribution is 2.31. The lowest BCUT2D eigenvalue weighted by Crippen LogP contribution is -2.17. The van der Waals surface area contributed by atoms with Gasteiger partial charge in [-0.2, -0.15) is 0 Å². The molecule has 2 aromatic heterocycles. The summed E-state index contributed by atoms with van der Waals surface area (Å²) in [5, 5.41) is 6.89. The molecule has 0 aliphatic carbocycles. The van der Waals surface area contributed by atoms with Crippen LogP contribution in [-0.2, 0) is 13.0 Å². The zero-order valence-corrected chi connectivity index (χ0v) is 14.4. The quantitative estimate of drug-likeness (QED) is 0.682. The molecule has 2 heterocycles. The second-order valence-corrected chi connectivity index (χ2v) is 6.16. The summed E-state index contributed by atoms with van der Waals surface area (Å²) in [6.45, 7) is 2.39. The van der Waals surface area contributed by atoms with Gasteiger partial charge in [-0.3, -0.25) is 9.09 Å². The van der Waals surface area contributed by atoms with Gasteiger partial charge < -0.3 is 9.47 Å². The Morgan fingerprint density at radius 2 is 2.04 bits per heavy atom. The molecule has 7 nitrogen and oxygen atoms in total. The van der Waals surface area contributed by atoms with Crippen molar-refractivity contribution < 1.29 is 14.0 Å². The zero-order chi connectivity index (χ0) is 17.1. The molecule has 0 radical (unpaired) electrons. The lowest BCUT2D eigenvalue weighted by Gasteiger charge is -2.09. The molecule has 0 unspecified atom stereocenters. The third-order valence-corrected chi connectivity index (χ3v) is 4.41. The molecular formula is C16H17N3O4S. The van der Waals surface area contributed by atoms with E-state index in [1.807, 2.05) is 18.4 Å². The van der Waals surface area contributed by atoms with E-state index in [2.05, 4.69) is 10.1 Å². The second-order valence-electron chi connectivity index (χ2n) is 5.10. The topological polar surface area (TPSA) is 79.4 Å². The average molecular weight is 347 g/mol. The van der Waals surface area contributed by atoms with Crippen molar-refractivity contribution in [3.8, 4) is 22.9 Å². The van der Waals surface area contributed by atoms with Gasteiger partial charge in [0.15, 0.2) is 17.3 Å². The summed E-state index contributed by atoms with van der Waals surface area (Å²) in [5.74, 6) is 1.13. The fourth-order valence-corrected chi connectivity index (χ4v) is 3.04. The van der Waals surface area contributed by atoms with Gasteiger partial charge in [-0.1, -0.05) is 5.16 Å². The molecule has 0 fully saturated rings. The summed E-state index contributed by atoms with van der Waals surface area (Å²) in [4.78, 5) is 16.4. The number of aryl methyl sites for hydroxylation is 2. The SMILES string of the molecule is COc1ccc(-c2noc(=O)n2CCc2csc(C)n2)cc1OC. The molecule has 0 atom stereocenters. The van der Waals surface area contributed by atoms with E-state index >= 15 is 0 Å². The Labute approximate surface area is 142 Å². The largest absolute Gasteiger partial charge is 0.493 e. The van der Waals surface area contributed by atoms with Crippen LogP contribution < -0.4 is 15.2 Å². The molecule has 0 aliphatic heterocycles. The van der Waals surface area contributed by atoms with E-state index in [9.17, 15) is 4.79 Å². The second kappa shape index (κ2) is 6.88. The highest BCUT2D eigenvalue weighted by Gasteiger charge is 2.15. The fourth-order valence-electron chi connectivity index (χ4n) is 2.40. The molecule has 0 amide bonds. The van der Waals surface area contributed by atoms with Gasteiger partial charge in [0.25, 0.3) is 0 Å². The van der Waals surface area contributed by atoms with Crippen LogP contribution >= 0.6 is 11.3 Å². The van der Waals surface area contributed by atoms with E-state index in [1.165, 1.54) is 4.57 Å². The van der Waals surface area contributed by atoms with E-state index in [1.54, 1.807) is 37.7 Å². The Morgan fingerprint density at radius 3 is 2.71 bits per heavy atom. The third-order valence-electron chi connectivity index (χ3n) is 3.59. The maximum Gasteiger partial charge on any atom is 0.441 e. The summed E-state index contributed by atoms with van der Waals surface area (Å²) in [6.07, 6.45) is 0.631.